The predicted octanol–water partition coefficient (Wildman–Crippen LogP) is 4.68. The summed E-state index contributed by atoms with van der Waals surface area (Å²) in [5.74, 6) is 1.68. The highest BCUT2D eigenvalue weighted by Crippen LogP contribution is 2.48. The van der Waals surface area contributed by atoms with Crippen molar-refractivity contribution in [2.75, 3.05) is 0 Å². The quantitative estimate of drug-likeness (QED) is 0.661. The molecule has 0 saturated heterocycles. The third-order valence-electron chi connectivity index (χ3n) is 5.17. The second kappa shape index (κ2) is 5.21. The van der Waals surface area contributed by atoms with Gasteiger partial charge in [0.05, 0.1) is 11.5 Å². The third-order valence-corrected chi connectivity index (χ3v) is 5.17. The van der Waals surface area contributed by atoms with Gasteiger partial charge in [0.25, 0.3) is 0 Å². The minimum Gasteiger partial charge on any atom is -0.198 e. The van der Waals surface area contributed by atoms with Crippen LogP contribution in [-0.2, 0) is 0 Å². The topological polar surface area (TPSA) is 23.8 Å². The number of hydrogen-bond acceptors (Lipinski definition) is 1. The van der Waals surface area contributed by atoms with E-state index in [1.165, 1.54) is 64.2 Å². The molecule has 0 radical (unpaired) electrons. The van der Waals surface area contributed by atoms with Gasteiger partial charge < -0.3 is 0 Å². The standard InChI is InChI=1S/C15H25N/c1-2-13-6-8-14(9-7-13)15(12-16)10-4-3-5-11-15/h13-14H,2-11H2,1H3. The molecule has 0 unspecified atom stereocenters. The Morgan fingerprint density at radius 3 is 2.19 bits per heavy atom. The maximum atomic E-state index is 9.57. The summed E-state index contributed by atoms with van der Waals surface area (Å²) >= 11 is 0. The highest BCUT2D eigenvalue weighted by molar-refractivity contribution is 5.05. The summed E-state index contributed by atoms with van der Waals surface area (Å²) in [6.45, 7) is 2.31. The summed E-state index contributed by atoms with van der Waals surface area (Å²) in [6, 6.07) is 2.72. The second-order valence-electron chi connectivity index (χ2n) is 5.95. The molecule has 0 aromatic carbocycles. The van der Waals surface area contributed by atoms with Crippen molar-refractivity contribution in [2.45, 2.75) is 71.1 Å². The van der Waals surface area contributed by atoms with E-state index in [2.05, 4.69) is 13.0 Å². The van der Waals surface area contributed by atoms with Crippen molar-refractivity contribution >= 4 is 0 Å². The molecule has 90 valence electrons. The van der Waals surface area contributed by atoms with Gasteiger partial charge in [-0.05, 0) is 37.5 Å². The highest BCUT2D eigenvalue weighted by atomic mass is 14.5. The first-order valence-electron chi connectivity index (χ1n) is 7.22. The summed E-state index contributed by atoms with van der Waals surface area (Å²) < 4.78 is 0. The van der Waals surface area contributed by atoms with Crippen LogP contribution in [0.15, 0.2) is 0 Å². The molecule has 0 bridgehead atoms. The largest absolute Gasteiger partial charge is 0.198 e. The minimum absolute atomic E-state index is 0.0803. The first-order chi connectivity index (χ1) is 7.80. The first-order valence-corrected chi connectivity index (χ1v) is 7.22. The molecule has 0 heterocycles. The van der Waals surface area contributed by atoms with Gasteiger partial charge in [0, 0.05) is 0 Å². The van der Waals surface area contributed by atoms with Crippen LogP contribution in [0.2, 0.25) is 0 Å². The van der Waals surface area contributed by atoms with Crippen molar-refractivity contribution in [2.24, 2.45) is 17.3 Å². The Kier molecular flexibility index (Phi) is 3.90. The van der Waals surface area contributed by atoms with Crippen LogP contribution in [0.4, 0.5) is 0 Å². The van der Waals surface area contributed by atoms with Crippen LogP contribution in [0.1, 0.15) is 71.1 Å². The van der Waals surface area contributed by atoms with E-state index in [0.29, 0.717) is 0 Å². The minimum atomic E-state index is 0.0803. The van der Waals surface area contributed by atoms with Crippen LogP contribution in [0.5, 0.6) is 0 Å². The average molecular weight is 219 g/mol. The molecular formula is C15H25N. The molecule has 1 nitrogen and oxygen atoms in total. The third kappa shape index (κ3) is 2.26. The maximum Gasteiger partial charge on any atom is 0.0692 e. The number of hydrogen-bond donors (Lipinski definition) is 0. The highest BCUT2D eigenvalue weighted by Gasteiger charge is 2.41. The van der Waals surface area contributed by atoms with Crippen LogP contribution in [0, 0.1) is 28.6 Å². The zero-order valence-electron chi connectivity index (χ0n) is 10.7. The van der Waals surface area contributed by atoms with Crippen molar-refractivity contribution < 1.29 is 0 Å². The number of nitriles is 1. The molecule has 2 aliphatic rings. The lowest BCUT2D eigenvalue weighted by molar-refractivity contribution is 0.107. The van der Waals surface area contributed by atoms with E-state index in [0.717, 1.165) is 11.8 Å². The van der Waals surface area contributed by atoms with Gasteiger partial charge in [-0.1, -0.05) is 45.4 Å². The van der Waals surface area contributed by atoms with E-state index in [1.54, 1.807) is 0 Å². The van der Waals surface area contributed by atoms with Crippen molar-refractivity contribution in [3.05, 3.63) is 0 Å². The number of nitrogens with zero attached hydrogens (tertiary/aromatic N) is 1. The van der Waals surface area contributed by atoms with Crippen molar-refractivity contribution in [1.82, 2.24) is 0 Å². The zero-order chi connectivity index (χ0) is 11.4. The van der Waals surface area contributed by atoms with Gasteiger partial charge >= 0.3 is 0 Å². The fraction of sp³-hybridized carbons (Fsp3) is 0.933. The van der Waals surface area contributed by atoms with E-state index < -0.39 is 0 Å². The van der Waals surface area contributed by atoms with E-state index in [4.69, 9.17) is 0 Å². The van der Waals surface area contributed by atoms with Gasteiger partial charge in [-0.25, -0.2) is 0 Å². The normalized spacial score (nSPS) is 34.2. The fourth-order valence-electron chi connectivity index (χ4n) is 3.92. The second-order valence-corrected chi connectivity index (χ2v) is 5.95. The SMILES string of the molecule is CCC1CCC(C2(C#N)CCCCC2)CC1. The van der Waals surface area contributed by atoms with Crippen LogP contribution in [0.3, 0.4) is 0 Å². The number of rotatable bonds is 2. The monoisotopic (exact) mass is 219 g/mol. The Hall–Kier alpha value is -0.510. The molecule has 16 heavy (non-hydrogen) atoms. The summed E-state index contributed by atoms with van der Waals surface area (Å²) in [6.07, 6.45) is 13.1. The van der Waals surface area contributed by atoms with Gasteiger partial charge in [-0.3, -0.25) is 0 Å². The lowest BCUT2D eigenvalue weighted by atomic mass is 9.61. The molecule has 2 saturated carbocycles. The Morgan fingerprint density at radius 1 is 1.06 bits per heavy atom. The van der Waals surface area contributed by atoms with Gasteiger partial charge in [-0.2, -0.15) is 5.26 Å². The smallest absolute Gasteiger partial charge is 0.0692 e. The van der Waals surface area contributed by atoms with Crippen LogP contribution in [-0.4, -0.2) is 0 Å². The van der Waals surface area contributed by atoms with Crippen molar-refractivity contribution in [3.8, 4) is 6.07 Å². The van der Waals surface area contributed by atoms with Crippen LogP contribution in [0.25, 0.3) is 0 Å². The van der Waals surface area contributed by atoms with Gasteiger partial charge in [0.2, 0.25) is 0 Å². The van der Waals surface area contributed by atoms with Crippen LogP contribution < -0.4 is 0 Å². The van der Waals surface area contributed by atoms with Gasteiger partial charge in [0.1, 0.15) is 0 Å². The van der Waals surface area contributed by atoms with E-state index in [9.17, 15) is 5.26 Å². The van der Waals surface area contributed by atoms with Crippen LogP contribution >= 0.6 is 0 Å². The summed E-state index contributed by atoms with van der Waals surface area (Å²) in [5.41, 5.74) is 0.0803. The lowest BCUT2D eigenvalue weighted by Gasteiger charge is -2.41. The first kappa shape index (κ1) is 12.0. The van der Waals surface area contributed by atoms with Crippen molar-refractivity contribution in [3.63, 3.8) is 0 Å². The molecule has 1 heteroatoms. The Balaban J connectivity index is 1.98. The lowest BCUT2D eigenvalue weighted by Crippen LogP contribution is -2.34. The molecule has 2 aliphatic carbocycles. The Labute approximate surface area is 100 Å². The Bertz CT molecular complexity index is 249. The average Bonchev–Trinajstić information content (AvgIpc) is 2.39. The summed E-state index contributed by atoms with van der Waals surface area (Å²) in [4.78, 5) is 0. The molecule has 0 aromatic heterocycles. The molecule has 2 fully saturated rings. The fourth-order valence-corrected chi connectivity index (χ4v) is 3.92. The molecule has 0 spiro atoms. The van der Waals surface area contributed by atoms with Gasteiger partial charge in [-0.15, -0.1) is 0 Å². The predicted molar refractivity (Wildman–Crippen MR) is 66.9 cm³/mol. The van der Waals surface area contributed by atoms with E-state index in [-0.39, 0.29) is 5.41 Å². The Morgan fingerprint density at radius 2 is 1.69 bits per heavy atom. The van der Waals surface area contributed by atoms with E-state index in [1.807, 2.05) is 0 Å². The molecule has 0 aliphatic heterocycles. The molecular weight excluding hydrogens is 194 g/mol. The van der Waals surface area contributed by atoms with Gasteiger partial charge in [0.15, 0.2) is 0 Å². The molecule has 0 aromatic rings. The van der Waals surface area contributed by atoms with Crippen molar-refractivity contribution in [1.29, 1.82) is 5.26 Å². The summed E-state index contributed by atoms with van der Waals surface area (Å²) in [5, 5.41) is 9.57. The molecule has 2 rings (SSSR count). The molecule has 0 amide bonds. The maximum absolute atomic E-state index is 9.57. The molecule has 0 N–H and O–H groups in total. The summed E-state index contributed by atoms with van der Waals surface area (Å²) in [7, 11) is 0. The molecule has 0 atom stereocenters. The zero-order valence-corrected chi connectivity index (χ0v) is 10.7. The van der Waals surface area contributed by atoms with E-state index >= 15 is 0 Å².